The van der Waals surface area contributed by atoms with Gasteiger partial charge in [0.2, 0.25) is 0 Å². The van der Waals surface area contributed by atoms with Crippen LogP contribution in [-0.2, 0) is 0 Å². The Morgan fingerprint density at radius 1 is 1.33 bits per heavy atom. The average molecular weight is 264 g/mol. The fourth-order valence-corrected chi connectivity index (χ4v) is 2.58. The van der Waals surface area contributed by atoms with Gasteiger partial charge in [-0.1, -0.05) is 6.08 Å². The molecule has 0 aromatic rings. The zero-order chi connectivity index (χ0) is 13.2. The van der Waals surface area contributed by atoms with Gasteiger partial charge < -0.3 is 10.4 Å². The second-order valence-corrected chi connectivity index (χ2v) is 5.19. The van der Waals surface area contributed by atoms with Crippen molar-refractivity contribution in [2.24, 2.45) is 0 Å². The van der Waals surface area contributed by atoms with Gasteiger partial charge in [-0.25, -0.2) is 0 Å². The van der Waals surface area contributed by atoms with E-state index in [1.54, 1.807) is 0 Å². The molecule has 0 bridgehead atoms. The summed E-state index contributed by atoms with van der Waals surface area (Å²) in [4.78, 5) is 1.90. The summed E-state index contributed by atoms with van der Waals surface area (Å²) in [6, 6.07) is 0. The summed E-state index contributed by atoms with van der Waals surface area (Å²) in [5.41, 5.74) is -1.18. The molecule has 0 radical (unpaired) electrons. The van der Waals surface area contributed by atoms with E-state index in [0.29, 0.717) is 25.9 Å². The van der Waals surface area contributed by atoms with Gasteiger partial charge in [0.1, 0.15) is 0 Å². The molecule has 2 rings (SSSR count). The molecule has 0 atom stereocenters. The largest absolute Gasteiger partial charge is 0.412 e. The van der Waals surface area contributed by atoms with Crippen LogP contribution in [-0.4, -0.2) is 54.5 Å². The fraction of sp³-hybridized carbons (Fsp3) is 0.833. The molecule has 6 heteroatoms. The van der Waals surface area contributed by atoms with Crippen LogP contribution in [0, 0.1) is 0 Å². The lowest BCUT2D eigenvalue weighted by molar-refractivity contribution is -0.0969. The van der Waals surface area contributed by atoms with Gasteiger partial charge in [0.05, 0.1) is 5.60 Å². The molecule has 2 heterocycles. The molecule has 0 aliphatic carbocycles. The van der Waals surface area contributed by atoms with Gasteiger partial charge in [-0.15, -0.1) is 0 Å². The number of piperidine rings is 1. The molecular formula is C12H19F3N2O. The molecule has 3 nitrogen and oxygen atoms in total. The minimum Gasteiger partial charge on any atom is -0.388 e. The molecular weight excluding hydrogens is 245 g/mol. The zero-order valence-electron chi connectivity index (χ0n) is 10.3. The first-order chi connectivity index (χ1) is 8.39. The van der Waals surface area contributed by atoms with Gasteiger partial charge >= 0.3 is 6.18 Å². The lowest BCUT2D eigenvalue weighted by Crippen LogP contribution is -2.50. The van der Waals surface area contributed by atoms with E-state index in [1.807, 2.05) is 4.90 Å². The zero-order valence-corrected chi connectivity index (χ0v) is 10.3. The molecule has 1 saturated heterocycles. The lowest BCUT2D eigenvalue weighted by Gasteiger charge is -2.38. The van der Waals surface area contributed by atoms with Gasteiger partial charge in [-0.05, 0) is 32.4 Å². The van der Waals surface area contributed by atoms with Crippen LogP contribution in [0.15, 0.2) is 11.6 Å². The van der Waals surface area contributed by atoms with Gasteiger partial charge in [-0.3, -0.25) is 4.90 Å². The third kappa shape index (κ3) is 3.46. The Bertz CT molecular complexity index is 322. The van der Waals surface area contributed by atoms with Crippen LogP contribution in [0.3, 0.4) is 0 Å². The van der Waals surface area contributed by atoms with E-state index in [-0.39, 0.29) is 13.0 Å². The number of hydrogen-bond acceptors (Lipinski definition) is 3. The van der Waals surface area contributed by atoms with Crippen molar-refractivity contribution < 1.29 is 18.3 Å². The van der Waals surface area contributed by atoms with Crippen molar-refractivity contribution >= 4 is 0 Å². The highest BCUT2D eigenvalue weighted by molar-refractivity contribution is 5.13. The van der Waals surface area contributed by atoms with E-state index in [2.05, 4.69) is 5.32 Å². The predicted octanol–water partition coefficient (Wildman–Crippen LogP) is 1.30. The maximum absolute atomic E-state index is 12.5. The van der Waals surface area contributed by atoms with Crippen molar-refractivity contribution in [2.75, 3.05) is 32.7 Å². The number of nitrogens with zero attached hydrogens (tertiary/aromatic N) is 1. The molecule has 0 saturated carbocycles. The van der Waals surface area contributed by atoms with Crippen molar-refractivity contribution in [3.8, 4) is 0 Å². The van der Waals surface area contributed by atoms with E-state index in [0.717, 1.165) is 13.1 Å². The lowest BCUT2D eigenvalue weighted by atomic mass is 9.91. The third-order valence-corrected chi connectivity index (χ3v) is 3.71. The molecule has 104 valence electrons. The van der Waals surface area contributed by atoms with E-state index in [9.17, 15) is 18.3 Å². The highest BCUT2D eigenvalue weighted by Gasteiger charge is 2.36. The first kappa shape index (κ1) is 13.8. The van der Waals surface area contributed by atoms with Crippen molar-refractivity contribution in [1.82, 2.24) is 10.2 Å². The molecule has 0 aromatic carbocycles. The summed E-state index contributed by atoms with van der Waals surface area (Å²) < 4.78 is 37.4. The number of rotatable bonds is 2. The van der Waals surface area contributed by atoms with Gasteiger partial charge in [-0.2, -0.15) is 13.2 Å². The maximum atomic E-state index is 12.5. The number of nitrogens with one attached hydrogen (secondary N) is 1. The van der Waals surface area contributed by atoms with Crippen molar-refractivity contribution in [1.29, 1.82) is 0 Å². The minimum atomic E-state index is -4.20. The quantitative estimate of drug-likeness (QED) is 0.738. The van der Waals surface area contributed by atoms with Gasteiger partial charge in [0.15, 0.2) is 0 Å². The van der Waals surface area contributed by atoms with Crippen LogP contribution in [0.2, 0.25) is 0 Å². The molecule has 0 unspecified atom stereocenters. The molecule has 18 heavy (non-hydrogen) atoms. The van der Waals surface area contributed by atoms with Crippen molar-refractivity contribution in [3.63, 3.8) is 0 Å². The minimum absolute atomic E-state index is 0.0256. The smallest absolute Gasteiger partial charge is 0.388 e. The van der Waals surface area contributed by atoms with Crippen LogP contribution in [0.5, 0.6) is 0 Å². The summed E-state index contributed by atoms with van der Waals surface area (Å²) in [5, 5.41) is 13.5. The van der Waals surface area contributed by atoms with E-state index >= 15 is 0 Å². The van der Waals surface area contributed by atoms with Crippen LogP contribution in [0.25, 0.3) is 0 Å². The third-order valence-electron chi connectivity index (χ3n) is 3.71. The molecule has 2 aliphatic heterocycles. The van der Waals surface area contributed by atoms with E-state index in [4.69, 9.17) is 0 Å². The SMILES string of the molecule is OC1(CN2CC=C(C(F)(F)F)CC2)CCNCC1. The summed E-state index contributed by atoms with van der Waals surface area (Å²) in [7, 11) is 0. The fourth-order valence-electron chi connectivity index (χ4n) is 2.58. The maximum Gasteiger partial charge on any atom is 0.412 e. The Morgan fingerprint density at radius 2 is 2.00 bits per heavy atom. The molecule has 0 aromatic heterocycles. The number of hydrogen-bond donors (Lipinski definition) is 2. The molecule has 2 N–H and O–H groups in total. The topological polar surface area (TPSA) is 35.5 Å². The molecule has 1 fully saturated rings. The van der Waals surface area contributed by atoms with Crippen LogP contribution < -0.4 is 5.32 Å². The highest BCUT2D eigenvalue weighted by atomic mass is 19.4. The number of halogens is 3. The predicted molar refractivity (Wildman–Crippen MR) is 62.2 cm³/mol. The second-order valence-electron chi connectivity index (χ2n) is 5.19. The molecule has 0 amide bonds. The van der Waals surface area contributed by atoms with Crippen LogP contribution in [0.1, 0.15) is 19.3 Å². The molecule has 0 spiro atoms. The van der Waals surface area contributed by atoms with E-state index in [1.165, 1.54) is 6.08 Å². The monoisotopic (exact) mass is 264 g/mol. The Balaban J connectivity index is 1.88. The number of alkyl halides is 3. The first-order valence-corrected chi connectivity index (χ1v) is 6.31. The summed E-state index contributed by atoms with van der Waals surface area (Å²) in [6.07, 6.45) is -1.60. The number of aliphatic hydroxyl groups is 1. The normalized spacial score (nSPS) is 25.9. The summed E-state index contributed by atoms with van der Waals surface area (Å²) >= 11 is 0. The highest BCUT2D eigenvalue weighted by Crippen LogP contribution is 2.31. The Morgan fingerprint density at radius 3 is 2.50 bits per heavy atom. The van der Waals surface area contributed by atoms with Gasteiger partial charge in [0.25, 0.3) is 0 Å². The van der Waals surface area contributed by atoms with Crippen molar-refractivity contribution in [3.05, 3.63) is 11.6 Å². The van der Waals surface area contributed by atoms with Gasteiger partial charge in [0, 0.05) is 25.2 Å². The van der Waals surface area contributed by atoms with Crippen LogP contribution in [0.4, 0.5) is 13.2 Å². The summed E-state index contributed by atoms with van der Waals surface area (Å²) in [5.74, 6) is 0. The van der Waals surface area contributed by atoms with Crippen LogP contribution >= 0.6 is 0 Å². The van der Waals surface area contributed by atoms with E-state index < -0.39 is 17.4 Å². The molecule has 2 aliphatic rings. The van der Waals surface area contributed by atoms with Crippen molar-refractivity contribution in [2.45, 2.75) is 31.0 Å². The Kier molecular flexibility index (Phi) is 3.99. The first-order valence-electron chi connectivity index (χ1n) is 6.31. The second kappa shape index (κ2) is 5.19. The Hall–Kier alpha value is -0.590. The standard InChI is InChI=1S/C12H19F3N2O/c13-12(14,15)10-1-7-17(8-2-10)9-11(18)3-5-16-6-4-11/h1,16,18H,2-9H2. The Labute approximate surface area is 105 Å². The number of β-amino-alcohol motifs (C(OH)–C–C–N with tert-alkyl or cyclic N) is 1. The average Bonchev–Trinajstić information content (AvgIpc) is 2.29. The summed E-state index contributed by atoms with van der Waals surface area (Å²) in [6.45, 7) is 2.67.